The van der Waals surface area contributed by atoms with Gasteiger partial charge in [0, 0.05) is 4.88 Å². The molecule has 0 spiro atoms. The topological polar surface area (TPSA) is 26.0 Å². The Morgan fingerprint density at radius 2 is 1.60 bits per heavy atom. The summed E-state index contributed by atoms with van der Waals surface area (Å²) in [6, 6.07) is 8.51. The number of thiophene rings is 1. The summed E-state index contributed by atoms with van der Waals surface area (Å²) in [4.78, 5) is 1.27. The number of benzene rings is 1. The Hall–Kier alpha value is -1.28. The van der Waals surface area contributed by atoms with E-state index in [1.54, 1.807) is 11.3 Å². The van der Waals surface area contributed by atoms with E-state index in [-0.39, 0.29) is 0 Å². The van der Waals surface area contributed by atoms with Gasteiger partial charge in [-0.2, -0.15) is 0 Å². The molecule has 0 aliphatic carbocycles. The SMILES string of the molecule is Cc1cc(C)c(-c2ccc(N)s2)c(C)c1. The summed E-state index contributed by atoms with van der Waals surface area (Å²) in [5, 5.41) is 0.879. The first-order chi connectivity index (χ1) is 7.08. The van der Waals surface area contributed by atoms with E-state index >= 15 is 0 Å². The van der Waals surface area contributed by atoms with Crippen molar-refractivity contribution in [3.8, 4) is 10.4 Å². The standard InChI is InChI=1S/C13H15NS/c1-8-6-9(2)13(10(3)7-8)11-4-5-12(14)15-11/h4-7H,14H2,1-3H3. The van der Waals surface area contributed by atoms with Crippen LogP contribution in [0.4, 0.5) is 5.00 Å². The largest absolute Gasteiger partial charge is 0.391 e. The smallest absolute Gasteiger partial charge is 0.0862 e. The van der Waals surface area contributed by atoms with Gasteiger partial charge in [0.1, 0.15) is 0 Å². The van der Waals surface area contributed by atoms with E-state index in [0.29, 0.717) is 0 Å². The summed E-state index contributed by atoms with van der Waals surface area (Å²) in [5.74, 6) is 0. The second-order valence-corrected chi connectivity index (χ2v) is 5.09. The molecule has 2 N–H and O–H groups in total. The van der Waals surface area contributed by atoms with Crippen LogP contribution in [-0.4, -0.2) is 0 Å². The second kappa shape index (κ2) is 3.70. The molecule has 0 fully saturated rings. The van der Waals surface area contributed by atoms with Gasteiger partial charge in [-0.3, -0.25) is 0 Å². The number of anilines is 1. The highest BCUT2D eigenvalue weighted by molar-refractivity contribution is 7.19. The van der Waals surface area contributed by atoms with Gasteiger partial charge in [0.15, 0.2) is 0 Å². The van der Waals surface area contributed by atoms with Gasteiger partial charge in [-0.05, 0) is 49.6 Å². The van der Waals surface area contributed by atoms with Crippen LogP contribution in [0.15, 0.2) is 24.3 Å². The highest BCUT2D eigenvalue weighted by Crippen LogP contribution is 2.34. The third-order valence-corrected chi connectivity index (χ3v) is 3.48. The molecule has 0 saturated heterocycles. The summed E-state index contributed by atoms with van der Waals surface area (Å²) in [6.07, 6.45) is 0. The zero-order valence-electron chi connectivity index (χ0n) is 9.29. The van der Waals surface area contributed by atoms with Gasteiger partial charge in [0.05, 0.1) is 5.00 Å². The zero-order valence-corrected chi connectivity index (χ0v) is 10.1. The van der Waals surface area contributed by atoms with E-state index in [2.05, 4.69) is 39.0 Å². The third kappa shape index (κ3) is 1.90. The van der Waals surface area contributed by atoms with Crippen molar-refractivity contribution < 1.29 is 0 Å². The Labute approximate surface area is 94.6 Å². The summed E-state index contributed by atoms with van der Waals surface area (Å²) < 4.78 is 0. The maximum Gasteiger partial charge on any atom is 0.0862 e. The second-order valence-electron chi connectivity index (χ2n) is 3.98. The van der Waals surface area contributed by atoms with Crippen LogP contribution in [0.3, 0.4) is 0 Å². The van der Waals surface area contributed by atoms with Crippen LogP contribution in [0.1, 0.15) is 16.7 Å². The molecular formula is C13H15NS. The minimum Gasteiger partial charge on any atom is -0.391 e. The predicted octanol–water partition coefficient (Wildman–Crippen LogP) is 3.92. The Morgan fingerprint density at radius 1 is 1.00 bits per heavy atom. The number of rotatable bonds is 1. The predicted molar refractivity (Wildman–Crippen MR) is 68.4 cm³/mol. The van der Waals surface area contributed by atoms with Crippen LogP contribution in [0.25, 0.3) is 10.4 Å². The lowest BCUT2D eigenvalue weighted by atomic mass is 9.99. The lowest BCUT2D eigenvalue weighted by Gasteiger charge is -2.09. The Kier molecular flexibility index (Phi) is 2.53. The molecule has 1 nitrogen and oxygen atoms in total. The Morgan fingerprint density at radius 3 is 2.07 bits per heavy atom. The molecule has 0 aliphatic heterocycles. The van der Waals surface area contributed by atoms with Gasteiger partial charge < -0.3 is 5.73 Å². The molecule has 0 aliphatic rings. The van der Waals surface area contributed by atoms with Gasteiger partial charge in [-0.1, -0.05) is 17.7 Å². The maximum atomic E-state index is 5.76. The zero-order chi connectivity index (χ0) is 11.0. The molecule has 0 saturated carbocycles. The van der Waals surface area contributed by atoms with Crippen LogP contribution in [-0.2, 0) is 0 Å². The quantitative estimate of drug-likeness (QED) is 0.769. The highest BCUT2D eigenvalue weighted by atomic mass is 32.1. The number of nitrogen functional groups attached to an aromatic ring is 1. The van der Waals surface area contributed by atoms with E-state index in [4.69, 9.17) is 5.73 Å². The Balaban J connectivity index is 2.62. The van der Waals surface area contributed by atoms with E-state index < -0.39 is 0 Å². The lowest BCUT2D eigenvalue weighted by Crippen LogP contribution is -1.87. The molecule has 1 aromatic carbocycles. The van der Waals surface area contributed by atoms with Crippen LogP contribution in [0.5, 0.6) is 0 Å². The third-order valence-electron chi connectivity index (χ3n) is 2.55. The van der Waals surface area contributed by atoms with Crippen LogP contribution in [0.2, 0.25) is 0 Å². The first kappa shape index (κ1) is 10.2. The van der Waals surface area contributed by atoms with E-state index in [1.165, 1.54) is 27.1 Å². The average Bonchev–Trinajstić information content (AvgIpc) is 2.49. The summed E-state index contributed by atoms with van der Waals surface area (Å²) in [5.41, 5.74) is 11.1. The average molecular weight is 217 g/mol. The van der Waals surface area contributed by atoms with Crippen molar-refractivity contribution in [3.05, 3.63) is 41.0 Å². The lowest BCUT2D eigenvalue weighted by molar-refractivity contribution is 1.33. The highest BCUT2D eigenvalue weighted by Gasteiger charge is 2.08. The molecule has 2 heteroatoms. The van der Waals surface area contributed by atoms with Crippen molar-refractivity contribution in [1.82, 2.24) is 0 Å². The first-order valence-electron chi connectivity index (χ1n) is 5.01. The maximum absolute atomic E-state index is 5.76. The minimum atomic E-state index is 0.879. The molecule has 0 bridgehead atoms. The van der Waals surface area contributed by atoms with Crippen LogP contribution < -0.4 is 5.73 Å². The first-order valence-corrected chi connectivity index (χ1v) is 5.83. The van der Waals surface area contributed by atoms with Gasteiger partial charge in [0.2, 0.25) is 0 Å². The summed E-state index contributed by atoms with van der Waals surface area (Å²) >= 11 is 1.65. The van der Waals surface area contributed by atoms with Crippen molar-refractivity contribution in [3.63, 3.8) is 0 Å². The normalized spacial score (nSPS) is 10.6. The fourth-order valence-corrected chi connectivity index (χ4v) is 3.01. The van der Waals surface area contributed by atoms with Gasteiger partial charge in [0.25, 0.3) is 0 Å². The monoisotopic (exact) mass is 217 g/mol. The molecule has 78 valence electrons. The number of hydrogen-bond acceptors (Lipinski definition) is 2. The van der Waals surface area contributed by atoms with Gasteiger partial charge >= 0.3 is 0 Å². The van der Waals surface area contributed by atoms with Crippen molar-refractivity contribution in [2.45, 2.75) is 20.8 Å². The minimum absolute atomic E-state index is 0.879. The fraction of sp³-hybridized carbons (Fsp3) is 0.231. The molecule has 0 amide bonds. The summed E-state index contributed by atoms with van der Waals surface area (Å²) in [6.45, 7) is 6.45. The van der Waals surface area contributed by atoms with Crippen molar-refractivity contribution in [2.75, 3.05) is 5.73 Å². The number of hydrogen-bond donors (Lipinski definition) is 1. The van der Waals surface area contributed by atoms with Crippen molar-refractivity contribution in [1.29, 1.82) is 0 Å². The summed E-state index contributed by atoms with van der Waals surface area (Å²) in [7, 11) is 0. The molecule has 1 aromatic heterocycles. The molecule has 1 heterocycles. The van der Waals surface area contributed by atoms with E-state index in [0.717, 1.165) is 5.00 Å². The number of nitrogens with two attached hydrogens (primary N) is 1. The van der Waals surface area contributed by atoms with E-state index in [1.807, 2.05) is 6.07 Å². The molecule has 0 unspecified atom stereocenters. The van der Waals surface area contributed by atoms with Crippen molar-refractivity contribution >= 4 is 16.3 Å². The molecule has 15 heavy (non-hydrogen) atoms. The fourth-order valence-electron chi connectivity index (χ4n) is 2.06. The van der Waals surface area contributed by atoms with Crippen LogP contribution in [0, 0.1) is 20.8 Å². The van der Waals surface area contributed by atoms with Crippen molar-refractivity contribution in [2.24, 2.45) is 0 Å². The van der Waals surface area contributed by atoms with Crippen LogP contribution >= 0.6 is 11.3 Å². The van der Waals surface area contributed by atoms with E-state index in [9.17, 15) is 0 Å². The molecule has 2 aromatic rings. The molecule has 2 rings (SSSR count). The number of aryl methyl sites for hydroxylation is 3. The van der Waals surface area contributed by atoms with Gasteiger partial charge in [-0.15, -0.1) is 11.3 Å². The molecule has 0 atom stereocenters. The van der Waals surface area contributed by atoms with Gasteiger partial charge in [-0.25, -0.2) is 0 Å². The molecular weight excluding hydrogens is 202 g/mol. The molecule has 0 radical (unpaired) electrons. The Bertz CT molecular complexity index is 474.